The molecule has 3 nitrogen and oxygen atoms in total. The average Bonchev–Trinajstić information content (AvgIpc) is 2.41. The Morgan fingerprint density at radius 3 is 2.53 bits per heavy atom. The first-order chi connectivity index (χ1) is 9.06. The van der Waals surface area contributed by atoms with Crippen molar-refractivity contribution in [1.82, 2.24) is 0 Å². The van der Waals surface area contributed by atoms with Gasteiger partial charge in [-0.25, -0.2) is 4.79 Å². The molecule has 0 heterocycles. The number of hydrogen-bond acceptors (Lipinski definition) is 3. The lowest BCUT2D eigenvalue weighted by molar-refractivity contribution is -0.137. The number of rotatable bonds is 5. The Kier molecular flexibility index (Phi) is 5.32. The summed E-state index contributed by atoms with van der Waals surface area (Å²) in [5.41, 5.74) is 0.0710. The van der Waals surface area contributed by atoms with E-state index in [4.69, 9.17) is 4.74 Å². The smallest absolute Gasteiger partial charge is 0.330 e. The van der Waals surface area contributed by atoms with E-state index in [1.54, 1.807) is 13.0 Å². The second-order valence-corrected chi connectivity index (χ2v) is 4.59. The van der Waals surface area contributed by atoms with E-state index in [0.717, 1.165) is 5.56 Å². The molecule has 0 aliphatic heterocycles. The highest BCUT2D eigenvalue weighted by molar-refractivity contribution is 5.82. The van der Waals surface area contributed by atoms with Crippen molar-refractivity contribution in [1.29, 1.82) is 5.26 Å². The molecular weight excluding hydrogens is 238 g/mol. The van der Waals surface area contributed by atoms with Crippen LogP contribution in [0.2, 0.25) is 0 Å². The Morgan fingerprint density at radius 2 is 2.05 bits per heavy atom. The first-order valence-electron chi connectivity index (χ1n) is 6.39. The Labute approximate surface area is 114 Å². The average molecular weight is 257 g/mol. The summed E-state index contributed by atoms with van der Waals surface area (Å²) in [5.74, 6) is -0.371. The monoisotopic (exact) mass is 257 g/mol. The van der Waals surface area contributed by atoms with Crippen molar-refractivity contribution in [3.8, 4) is 6.07 Å². The Bertz CT molecular complexity index is 485. The third-order valence-electron chi connectivity index (χ3n) is 3.12. The number of nitrogens with zero attached hydrogens (tertiary/aromatic N) is 1. The van der Waals surface area contributed by atoms with E-state index in [9.17, 15) is 10.1 Å². The normalized spacial score (nSPS) is 14.1. The third-order valence-corrected chi connectivity index (χ3v) is 3.12. The van der Waals surface area contributed by atoms with E-state index >= 15 is 0 Å². The molecule has 0 saturated carbocycles. The van der Waals surface area contributed by atoms with Gasteiger partial charge >= 0.3 is 5.97 Å². The van der Waals surface area contributed by atoms with E-state index < -0.39 is 11.4 Å². The van der Waals surface area contributed by atoms with Crippen molar-refractivity contribution >= 4 is 5.97 Å². The van der Waals surface area contributed by atoms with Gasteiger partial charge in [0, 0.05) is 6.08 Å². The zero-order valence-corrected chi connectivity index (χ0v) is 11.6. The predicted octanol–water partition coefficient (Wildman–Crippen LogP) is 3.22. The van der Waals surface area contributed by atoms with Gasteiger partial charge in [-0.05, 0) is 18.4 Å². The molecule has 0 spiro atoms. The van der Waals surface area contributed by atoms with Crippen LogP contribution in [0, 0.1) is 17.2 Å². The third kappa shape index (κ3) is 3.45. The van der Waals surface area contributed by atoms with Crippen molar-refractivity contribution in [2.45, 2.75) is 26.2 Å². The molecule has 0 bridgehead atoms. The molecule has 19 heavy (non-hydrogen) atoms. The first kappa shape index (κ1) is 15.0. The largest absolute Gasteiger partial charge is 0.463 e. The lowest BCUT2D eigenvalue weighted by Gasteiger charge is -2.27. The second kappa shape index (κ2) is 6.75. The zero-order chi connectivity index (χ0) is 14.3. The summed E-state index contributed by atoms with van der Waals surface area (Å²) >= 11 is 0. The predicted molar refractivity (Wildman–Crippen MR) is 74.3 cm³/mol. The summed E-state index contributed by atoms with van der Waals surface area (Å²) in [6, 6.07) is 11.8. The number of carbonyl (C=O) groups excluding carboxylic acids is 1. The summed E-state index contributed by atoms with van der Waals surface area (Å²) in [4.78, 5) is 11.4. The maximum Gasteiger partial charge on any atom is 0.330 e. The number of hydrogen-bond donors (Lipinski definition) is 0. The number of esters is 1. The van der Waals surface area contributed by atoms with Gasteiger partial charge in [0.1, 0.15) is 5.41 Å². The van der Waals surface area contributed by atoms with Crippen LogP contribution < -0.4 is 0 Å². The minimum Gasteiger partial charge on any atom is -0.463 e. The van der Waals surface area contributed by atoms with Crippen molar-refractivity contribution in [2.75, 3.05) is 6.61 Å². The fraction of sp³-hybridized carbons (Fsp3) is 0.375. The van der Waals surface area contributed by atoms with Gasteiger partial charge in [-0.15, -0.1) is 0 Å². The summed E-state index contributed by atoms with van der Waals surface area (Å²) in [6.45, 7) is 6.01. The van der Waals surface area contributed by atoms with E-state index in [1.807, 2.05) is 44.2 Å². The van der Waals surface area contributed by atoms with Crippen LogP contribution in [-0.2, 0) is 14.9 Å². The number of ether oxygens (including phenoxy) is 1. The van der Waals surface area contributed by atoms with E-state index in [1.165, 1.54) is 6.08 Å². The molecule has 0 N–H and O–H groups in total. The van der Waals surface area contributed by atoms with Gasteiger partial charge in [0.05, 0.1) is 12.7 Å². The molecule has 1 atom stereocenters. The number of nitriles is 1. The van der Waals surface area contributed by atoms with Crippen molar-refractivity contribution in [2.24, 2.45) is 5.92 Å². The molecule has 0 unspecified atom stereocenters. The van der Waals surface area contributed by atoms with Crippen LogP contribution >= 0.6 is 0 Å². The number of carbonyl (C=O) groups is 1. The molecule has 0 radical (unpaired) electrons. The molecule has 3 heteroatoms. The fourth-order valence-corrected chi connectivity index (χ4v) is 1.96. The van der Waals surface area contributed by atoms with Crippen molar-refractivity contribution in [3.63, 3.8) is 0 Å². The molecule has 1 rings (SSSR count). The summed E-state index contributed by atoms with van der Waals surface area (Å²) in [7, 11) is 0. The highest BCUT2D eigenvalue weighted by Crippen LogP contribution is 2.33. The maximum absolute atomic E-state index is 11.4. The van der Waals surface area contributed by atoms with Gasteiger partial charge in [-0.2, -0.15) is 5.26 Å². The van der Waals surface area contributed by atoms with Crippen LogP contribution in [0.3, 0.4) is 0 Å². The highest BCUT2D eigenvalue weighted by atomic mass is 16.5. The van der Waals surface area contributed by atoms with E-state index in [2.05, 4.69) is 6.07 Å². The lowest BCUT2D eigenvalue weighted by atomic mass is 9.72. The van der Waals surface area contributed by atoms with Gasteiger partial charge < -0.3 is 4.74 Å². The Balaban J connectivity index is 3.16. The zero-order valence-electron chi connectivity index (χ0n) is 11.6. The van der Waals surface area contributed by atoms with Crippen LogP contribution in [-0.4, -0.2) is 12.6 Å². The summed E-state index contributed by atoms with van der Waals surface area (Å²) in [6.07, 6.45) is 2.99. The molecule has 100 valence electrons. The van der Waals surface area contributed by atoms with E-state index in [0.29, 0.717) is 6.61 Å². The second-order valence-electron chi connectivity index (χ2n) is 4.59. The molecule has 0 amide bonds. The molecular formula is C16H19NO2. The lowest BCUT2D eigenvalue weighted by Crippen LogP contribution is -2.28. The van der Waals surface area contributed by atoms with Crippen molar-refractivity contribution in [3.05, 3.63) is 48.0 Å². The first-order valence-corrected chi connectivity index (χ1v) is 6.39. The summed E-state index contributed by atoms with van der Waals surface area (Å²) < 4.78 is 4.86. The van der Waals surface area contributed by atoms with Crippen LogP contribution in [0.4, 0.5) is 0 Å². The summed E-state index contributed by atoms with van der Waals surface area (Å²) in [5, 5.41) is 9.59. The van der Waals surface area contributed by atoms with Crippen molar-refractivity contribution < 1.29 is 9.53 Å². The van der Waals surface area contributed by atoms with Crippen LogP contribution in [0.5, 0.6) is 0 Å². The molecule has 1 aromatic rings. The van der Waals surface area contributed by atoms with Gasteiger partial charge in [0.15, 0.2) is 0 Å². The Hall–Kier alpha value is -2.08. The molecule has 0 fully saturated rings. The van der Waals surface area contributed by atoms with Gasteiger partial charge in [0.2, 0.25) is 0 Å². The van der Waals surface area contributed by atoms with Crippen LogP contribution in [0.25, 0.3) is 0 Å². The molecule has 1 aromatic carbocycles. The minimum absolute atomic E-state index is 0.0468. The van der Waals surface area contributed by atoms with Crippen LogP contribution in [0.1, 0.15) is 26.3 Å². The molecule has 0 aromatic heterocycles. The topological polar surface area (TPSA) is 50.1 Å². The quantitative estimate of drug-likeness (QED) is 0.601. The van der Waals surface area contributed by atoms with Crippen LogP contribution in [0.15, 0.2) is 42.5 Å². The molecule has 0 aliphatic carbocycles. The number of allylic oxidation sites excluding steroid dienone is 1. The van der Waals surface area contributed by atoms with E-state index in [-0.39, 0.29) is 5.92 Å². The maximum atomic E-state index is 11.4. The van der Waals surface area contributed by atoms with Gasteiger partial charge in [0.25, 0.3) is 0 Å². The highest BCUT2D eigenvalue weighted by Gasteiger charge is 2.33. The number of benzene rings is 1. The fourth-order valence-electron chi connectivity index (χ4n) is 1.96. The van der Waals surface area contributed by atoms with Gasteiger partial charge in [-0.1, -0.05) is 50.3 Å². The SMILES string of the molecule is CCOC(=O)/C=C/[C@](C#N)(c1ccccc1)C(C)C. The molecule has 0 aliphatic rings. The standard InChI is InChI=1S/C16H19NO2/c1-4-19-15(18)10-11-16(12-17,13(2)3)14-8-6-5-7-9-14/h5-11,13H,4H2,1-3H3/b11-10+/t16-/m1/s1. The Morgan fingerprint density at radius 1 is 1.42 bits per heavy atom. The minimum atomic E-state index is -0.811. The van der Waals surface area contributed by atoms with Gasteiger partial charge in [-0.3, -0.25) is 0 Å². The molecule has 0 saturated heterocycles.